The van der Waals surface area contributed by atoms with E-state index in [9.17, 15) is 4.79 Å². The standard InChI is InChI=1S/C20H31ClN6O.HI/c1-22-20(23-12-18-14-24(2)8-9-25(18)3)27-11-10-26(19(28)15-27)13-16-4-6-17(21)7-5-16;/h4-7,18H,8-15H2,1-3H3,(H,22,23);1H. The van der Waals surface area contributed by atoms with Crippen molar-refractivity contribution in [1.82, 2.24) is 24.9 Å². The van der Waals surface area contributed by atoms with Gasteiger partial charge in [0.15, 0.2) is 5.96 Å². The summed E-state index contributed by atoms with van der Waals surface area (Å²) in [6.45, 7) is 6.48. The van der Waals surface area contributed by atoms with Gasteiger partial charge in [-0.15, -0.1) is 24.0 Å². The lowest BCUT2D eigenvalue weighted by Crippen LogP contribution is -2.58. The smallest absolute Gasteiger partial charge is 0.242 e. The van der Waals surface area contributed by atoms with Gasteiger partial charge in [-0.05, 0) is 31.8 Å². The Hall–Kier alpha value is -1.10. The van der Waals surface area contributed by atoms with Gasteiger partial charge in [0.05, 0.1) is 6.54 Å². The average molecular weight is 535 g/mol. The quantitative estimate of drug-likeness (QED) is 0.360. The highest BCUT2D eigenvalue weighted by Crippen LogP contribution is 2.14. The van der Waals surface area contributed by atoms with E-state index in [-0.39, 0.29) is 29.9 Å². The van der Waals surface area contributed by atoms with Gasteiger partial charge in [0.1, 0.15) is 0 Å². The first kappa shape index (κ1) is 24.2. The third kappa shape index (κ3) is 6.70. The Kier molecular flexibility index (Phi) is 9.45. The van der Waals surface area contributed by atoms with Crippen LogP contribution in [-0.2, 0) is 11.3 Å². The van der Waals surface area contributed by atoms with E-state index in [4.69, 9.17) is 11.6 Å². The van der Waals surface area contributed by atoms with Crippen LogP contribution < -0.4 is 5.32 Å². The number of rotatable bonds is 4. The Morgan fingerprint density at radius 3 is 2.55 bits per heavy atom. The van der Waals surface area contributed by atoms with Crippen molar-refractivity contribution in [1.29, 1.82) is 0 Å². The second kappa shape index (κ2) is 11.3. The number of benzene rings is 1. The van der Waals surface area contributed by atoms with E-state index in [1.165, 1.54) is 0 Å². The molecule has 1 N–H and O–H groups in total. The van der Waals surface area contributed by atoms with E-state index in [1.54, 1.807) is 7.05 Å². The second-order valence-corrected chi connectivity index (χ2v) is 8.12. The van der Waals surface area contributed by atoms with E-state index in [1.807, 2.05) is 34.1 Å². The number of carbonyl (C=O) groups excluding carboxylic acids is 1. The van der Waals surface area contributed by atoms with Gasteiger partial charge in [-0.2, -0.15) is 0 Å². The molecule has 1 aromatic carbocycles. The molecule has 0 radical (unpaired) electrons. The molecular formula is C20H32ClIN6O. The number of aliphatic imine (C=N–C) groups is 1. The number of likely N-dealkylation sites (N-methyl/N-ethyl adjacent to an activating group) is 2. The van der Waals surface area contributed by atoms with Crippen LogP contribution in [0.15, 0.2) is 29.3 Å². The van der Waals surface area contributed by atoms with Crippen molar-refractivity contribution >= 4 is 47.4 Å². The van der Waals surface area contributed by atoms with Gasteiger partial charge in [0.2, 0.25) is 5.91 Å². The van der Waals surface area contributed by atoms with Gasteiger partial charge in [-0.1, -0.05) is 23.7 Å². The molecule has 162 valence electrons. The number of nitrogens with one attached hydrogen (secondary N) is 1. The number of hydrogen-bond donors (Lipinski definition) is 1. The summed E-state index contributed by atoms with van der Waals surface area (Å²) in [5.74, 6) is 0.930. The third-order valence-electron chi connectivity index (χ3n) is 5.59. The molecule has 1 unspecified atom stereocenters. The third-order valence-corrected chi connectivity index (χ3v) is 5.84. The Labute approximate surface area is 196 Å². The zero-order valence-electron chi connectivity index (χ0n) is 17.5. The topological polar surface area (TPSA) is 54.4 Å². The van der Waals surface area contributed by atoms with Crippen LogP contribution in [0.25, 0.3) is 0 Å². The Bertz CT molecular complexity index is 701. The molecule has 29 heavy (non-hydrogen) atoms. The van der Waals surface area contributed by atoms with Crippen molar-refractivity contribution < 1.29 is 4.79 Å². The van der Waals surface area contributed by atoms with Crippen molar-refractivity contribution in [2.45, 2.75) is 12.6 Å². The van der Waals surface area contributed by atoms with Gasteiger partial charge in [-0.25, -0.2) is 0 Å². The lowest BCUT2D eigenvalue weighted by molar-refractivity contribution is -0.135. The fourth-order valence-corrected chi connectivity index (χ4v) is 3.86. The van der Waals surface area contributed by atoms with Gasteiger partial charge in [-0.3, -0.25) is 14.7 Å². The van der Waals surface area contributed by atoms with Crippen LogP contribution in [0.1, 0.15) is 5.56 Å². The first-order valence-corrected chi connectivity index (χ1v) is 10.2. The Balaban J connectivity index is 0.00000300. The SMILES string of the molecule is CN=C(NCC1CN(C)CCN1C)N1CCN(Cc2ccc(Cl)cc2)C(=O)C1.I. The first-order valence-electron chi connectivity index (χ1n) is 9.83. The fourth-order valence-electron chi connectivity index (χ4n) is 3.73. The summed E-state index contributed by atoms with van der Waals surface area (Å²) >= 11 is 5.94. The largest absolute Gasteiger partial charge is 0.355 e. The number of guanidine groups is 1. The molecule has 2 heterocycles. The number of halogens is 2. The number of amides is 1. The average Bonchev–Trinajstić information content (AvgIpc) is 2.68. The van der Waals surface area contributed by atoms with Crippen LogP contribution in [0.4, 0.5) is 0 Å². The predicted molar refractivity (Wildman–Crippen MR) is 129 cm³/mol. The minimum atomic E-state index is 0. The number of nitrogens with zero attached hydrogens (tertiary/aromatic N) is 5. The first-order chi connectivity index (χ1) is 13.5. The molecule has 1 atom stereocenters. The zero-order valence-corrected chi connectivity index (χ0v) is 20.6. The molecule has 0 spiro atoms. The van der Waals surface area contributed by atoms with E-state index in [0.29, 0.717) is 30.7 Å². The van der Waals surface area contributed by atoms with Crippen molar-refractivity contribution in [3.05, 3.63) is 34.9 Å². The zero-order chi connectivity index (χ0) is 20.1. The van der Waals surface area contributed by atoms with Crippen molar-refractivity contribution in [2.75, 3.05) is 67.0 Å². The summed E-state index contributed by atoms with van der Waals surface area (Å²) in [7, 11) is 6.11. The lowest BCUT2D eigenvalue weighted by atomic mass is 10.2. The molecule has 1 amide bonds. The van der Waals surface area contributed by atoms with Gasteiger partial charge in [0.25, 0.3) is 0 Å². The Morgan fingerprint density at radius 1 is 1.17 bits per heavy atom. The molecule has 2 saturated heterocycles. The van der Waals surface area contributed by atoms with Crippen molar-refractivity contribution in [3.8, 4) is 0 Å². The number of carbonyl (C=O) groups is 1. The van der Waals surface area contributed by atoms with Gasteiger partial charge in [0, 0.05) is 63.9 Å². The molecule has 2 aliphatic heterocycles. The lowest BCUT2D eigenvalue weighted by Gasteiger charge is -2.39. The van der Waals surface area contributed by atoms with Crippen LogP contribution in [-0.4, -0.2) is 104 Å². The summed E-state index contributed by atoms with van der Waals surface area (Å²) in [5, 5.41) is 4.19. The summed E-state index contributed by atoms with van der Waals surface area (Å²) < 4.78 is 0. The molecule has 7 nitrogen and oxygen atoms in total. The number of piperazine rings is 2. The highest BCUT2D eigenvalue weighted by atomic mass is 127. The maximum absolute atomic E-state index is 12.7. The van der Waals surface area contributed by atoms with Crippen LogP contribution in [0, 0.1) is 0 Å². The summed E-state index contributed by atoms with van der Waals surface area (Å²) in [6.07, 6.45) is 0. The van der Waals surface area contributed by atoms with Crippen LogP contribution in [0.2, 0.25) is 5.02 Å². The van der Waals surface area contributed by atoms with Crippen LogP contribution >= 0.6 is 35.6 Å². The summed E-state index contributed by atoms with van der Waals surface area (Å²) in [6, 6.07) is 8.12. The van der Waals surface area contributed by atoms with E-state index >= 15 is 0 Å². The molecule has 2 fully saturated rings. The van der Waals surface area contributed by atoms with E-state index < -0.39 is 0 Å². The maximum atomic E-state index is 12.7. The highest BCUT2D eigenvalue weighted by Gasteiger charge is 2.27. The van der Waals surface area contributed by atoms with E-state index in [0.717, 1.165) is 44.2 Å². The molecule has 0 bridgehead atoms. The highest BCUT2D eigenvalue weighted by molar-refractivity contribution is 14.0. The summed E-state index contributed by atoms with van der Waals surface area (Å²) in [5.41, 5.74) is 1.10. The molecule has 1 aromatic rings. The maximum Gasteiger partial charge on any atom is 0.242 e. The molecule has 0 saturated carbocycles. The predicted octanol–water partition coefficient (Wildman–Crippen LogP) is 1.42. The van der Waals surface area contributed by atoms with Crippen molar-refractivity contribution in [2.24, 2.45) is 4.99 Å². The van der Waals surface area contributed by atoms with Crippen LogP contribution in [0.5, 0.6) is 0 Å². The fraction of sp³-hybridized carbons (Fsp3) is 0.600. The van der Waals surface area contributed by atoms with Gasteiger partial charge < -0.3 is 20.0 Å². The molecular weight excluding hydrogens is 503 g/mol. The monoisotopic (exact) mass is 534 g/mol. The minimum absolute atomic E-state index is 0. The van der Waals surface area contributed by atoms with Crippen LogP contribution in [0.3, 0.4) is 0 Å². The molecule has 0 aromatic heterocycles. The molecule has 3 rings (SSSR count). The normalized spacial score (nSPS) is 21.9. The second-order valence-electron chi connectivity index (χ2n) is 7.69. The summed E-state index contributed by atoms with van der Waals surface area (Å²) in [4.78, 5) is 25.8. The van der Waals surface area contributed by atoms with Gasteiger partial charge >= 0.3 is 0 Å². The number of hydrogen-bond acceptors (Lipinski definition) is 4. The molecule has 0 aliphatic carbocycles. The Morgan fingerprint density at radius 2 is 1.90 bits per heavy atom. The van der Waals surface area contributed by atoms with E-state index in [2.05, 4.69) is 34.2 Å². The van der Waals surface area contributed by atoms with Crippen molar-refractivity contribution in [3.63, 3.8) is 0 Å². The minimum Gasteiger partial charge on any atom is -0.355 e. The molecule has 9 heteroatoms. The molecule has 2 aliphatic rings.